The van der Waals surface area contributed by atoms with Crippen LogP contribution in [0.15, 0.2) is 42.7 Å². The molecule has 0 fully saturated rings. The lowest BCUT2D eigenvalue weighted by Gasteiger charge is -2.14. The molecule has 1 aromatic heterocycles. The van der Waals surface area contributed by atoms with Crippen molar-refractivity contribution in [2.45, 2.75) is 13.1 Å². The molecule has 0 bridgehead atoms. The first kappa shape index (κ1) is 13.3. The van der Waals surface area contributed by atoms with Crippen LogP contribution in [0.3, 0.4) is 0 Å². The van der Waals surface area contributed by atoms with Gasteiger partial charge in [-0.1, -0.05) is 12.1 Å². The molecule has 1 heterocycles. The molecule has 0 amide bonds. The predicted octanol–water partition coefficient (Wildman–Crippen LogP) is 2.30. The number of benzene rings is 1. The topological polar surface area (TPSA) is 61.0 Å². The van der Waals surface area contributed by atoms with Crippen LogP contribution >= 0.6 is 0 Å². The van der Waals surface area contributed by atoms with Crippen LogP contribution in [0.2, 0.25) is 13.1 Å². The lowest BCUT2D eigenvalue weighted by Crippen LogP contribution is -2.13. The zero-order chi connectivity index (χ0) is 13.7. The quantitative estimate of drug-likeness (QED) is 0.867. The summed E-state index contributed by atoms with van der Waals surface area (Å²) in [6, 6.07) is 9.54. The number of para-hydroxylation sites is 1. The van der Waals surface area contributed by atoms with Gasteiger partial charge in [0.2, 0.25) is 9.04 Å². The molecule has 1 aromatic carbocycles. The Hall–Kier alpha value is -2.14. The third kappa shape index (κ3) is 3.66. The van der Waals surface area contributed by atoms with Crippen molar-refractivity contribution in [3.63, 3.8) is 0 Å². The van der Waals surface area contributed by atoms with Crippen molar-refractivity contribution < 1.29 is 4.43 Å². The fourth-order valence-corrected chi connectivity index (χ4v) is 2.38. The summed E-state index contributed by atoms with van der Waals surface area (Å²) < 4.78 is 5.88. The standard InChI is InChI=1S/C14H17N3OSi/c1-19(2)18-13-7-4-3-6-11(13)12(15)10-14-16-8-5-9-17-14/h3-10,19H,15H2,1-2H3/b12-10-. The average Bonchev–Trinajstić information content (AvgIpc) is 2.39. The summed E-state index contributed by atoms with van der Waals surface area (Å²) in [5, 5.41) is 0. The van der Waals surface area contributed by atoms with Crippen molar-refractivity contribution in [3.8, 4) is 5.75 Å². The maximum atomic E-state index is 6.12. The molecule has 0 aliphatic heterocycles. The van der Waals surface area contributed by atoms with Crippen LogP contribution in [-0.4, -0.2) is 19.0 Å². The van der Waals surface area contributed by atoms with E-state index in [0.29, 0.717) is 11.5 Å². The van der Waals surface area contributed by atoms with Crippen molar-refractivity contribution >= 4 is 20.8 Å². The van der Waals surface area contributed by atoms with Gasteiger partial charge in [0.15, 0.2) is 5.82 Å². The van der Waals surface area contributed by atoms with Gasteiger partial charge in [0.05, 0.1) is 0 Å². The molecule has 5 heteroatoms. The molecule has 0 unspecified atom stereocenters. The van der Waals surface area contributed by atoms with Crippen molar-refractivity contribution in [2.75, 3.05) is 0 Å². The SMILES string of the molecule is C[SiH](C)Oc1ccccc1/C(N)=C/c1ncccn1. The molecule has 98 valence electrons. The van der Waals surface area contributed by atoms with E-state index >= 15 is 0 Å². The van der Waals surface area contributed by atoms with E-state index in [2.05, 4.69) is 23.1 Å². The van der Waals surface area contributed by atoms with Gasteiger partial charge < -0.3 is 10.2 Å². The second kappa shape index (κ2) is 6.15. The Bertz CT molecular complexity index is 570. The van der Waals surface area contributed by atoms with Gasteiger partial charge in [-0.25, -0.2) is 9.97 Å². The number of hydrogen-bond acceptors (Lipinski definition) is 4. The van der Waals surface area contributed by atoms with Crippen molar-refractivity contribution in [1.82, 2.24) is 9.97 Å². The maximum absolute atomic E-state index is 6.12. The molecule has 2 N–H and O–H groups in total. The molecule has 2 aromatic rings. The first-order chi connectivity index (χ1) is 9.16. The van der Waals surface area contributed by atoms with Gasteiger partial charge in [-0.15, -0.1) is 0 Å². The number of rotatable bonds is 4. The Kier molecular flexibility index (Phi) is 4.30. The molecule has 0 radical (unpaired) electrons. The molecular weight excluding hydrogens is 254 g/mol. The van der Waals surface area contributed by atoms with Gasteiger partial charge in [0.25, 0.3) is 0 Å². The van der Waals surface area contributed by atoms with Crippen LogP contribution in [0, 0.1) is 0 Å². The van der Waals surface area contributed by atoms with E-state index in [9.17, 15) is 0 Å². The summed E-state index contributed by atoms with van der Waals surface area (Å²) in [7, 11) is -1.17. The minimum absolute atomic E-state index is 0.594. The molecule has 4 nitrogen and oxygen atoms in total. The van der Waals surface area contributed by atoms with Crippen LogP contribution in [0.1, 0.15) is 11.4 Å². The maximum Gasteiger partial charge on any atom is 0.229 e. The Morgan fingerprint density at radius 3 is 2.53 bits per heavy atom. The smallest absolute Gasteiger partial charge is 0.229 e. The first-order valence-electron chi connectivity index (χ1n) is 6.17. The monoisotopic (exact) mass is 271 g/mol. The summed E-state index contributed by atoms with van der Waals surface area (Å²) in [5.41, 5.74) is 7.61. The molecule has 0 atom stereocenters. The second-order valence-electron chi connectivity index (χ2n) is 4.37. The van der Waals surface area contributed by atoms with Crippen LogP contribution in [0.25, 0.3) is 11.8 Å². The van der Waals surface area contributed by atoms with Gasteiger partial charge in [0.1, 0.15) is 5.75 Å². The van der Waals surface area contributed by atoms with Crippen LogP contribution in [0.5, 0.6) is 5.75 Å². The van der Waals surface area contributed by atoms with E-state index in [4.69, 9.17) is 10.2 Å². The predicted molar refractivity (Wildman–Crippen MR) is 80.0 cm³/mol. The van der Waals surface area contributed by atoms with Gasteiger partial charge in [-0.3, -0.25) is 0 Å². The van der Waals surface area contributed by atoms with E-state index in [1.54, 1.807) is 24.5 Å². The third-order valence-electron chi connectivity index (χ3n) is 2.43. The molecule has 0 saturated carbocycles. The van der Waals surface area contributed by atoms with Gasteiger partial charge in [-0.2, -0.15) is 0 Å². The highest BCUT2D eigenvalue weighted by molar-refractivity contribution is 6.49. The Morgan fingerprint density at radius 1 is 1.16 bits per heavy atom. The fourth-order valence-electron chi connectivity index (χ4n) is 1.66. The van der Waals surface area contributed by atoms with Gasteiger partial charge >= 0.3 is 0 Å². The Labute approximate surface area is 114 Å². The Morgan fingerprint density at radius 2 is 1.84 bits per heavy atom. The largest absolute Gasteiger partial charge is 0.547 e. The van der Waals surface area contributed by atoms with Crippen molar-refractivity contribution in [3.05, 3.63) is 54.1 Å². The van der Waals surface area contributed by atoms with E-state index in [1.807, 2.05) is 24.3 Å². The minimum atomic E-state index is -1.17. The average molecular weight is 271 g/mol. The third-order valence-corrected chi connectivity index (χ3v) is 3.16. The number of nitrogens with zero attached hydrogens (tertiary/aromatic N) is 2. The summed E-state index contributed by atoms with van der Waals surface area (Å²) in [6.07, 6.45) is 5.13. The molecular formula is C14H17N3OSi. The highest BCUT2D eigenvalue weighted by atomic mass is 28.3. The minimum Gasteiger partial charge on any atom is -0.547 e. The normalized spacial score (nSPS) is 11.6. The van der Waals surface area contributed by atoms with E-state index in [1.165, 1.54) is 0 Å². The molecule has 0 spiro atoms. The van der Waals surface area contributed by atoms with E-state index < -0.39 is 9.04 Å². The highest BCUT2D eigenvalue weighted by Gasteiger charge is 2.08. The molecule has 19 heavy (non-hydrogen) atoms. The van der Waals surface area contributed by atoms with Crippen LogP contribution < -0.4 is 10.2 Å². The van der Waals surface area contributed by atoms with Crippen molar-refractivity contribution in [2.24, 2.45) is 5.73 Å². The molecule has 2 rings (SSSR count). The molecule has 0 aliphatic carbocycles. The Balaban J connectivity index is 2.33. The zero-order valence-corrected chi connectivity index (χ0v) is 12.2. The number of nitrogens with two attached hydrogens (primary N) is 1. The summed E-state index contributed by atoms with van der Waals surface area (Å²) in [5.74, 6) is 1.42. The number of hydrogen-bond donors (Lipinski definition) is 1. The van der Waals surface area contributed by atoms with Gasteiger partial charge in [0, 0.05) is 29.7 Å². The highest BCUT2D eigenvalue weighted by Crippen LogP contribution is 2.24. The summed E-state index contributed by atoms with van der Waals surface area (Å²) >= 11 is 0. The summed E-state index contributed by atoms with van der Waals surface area (Å²) in [6.45, 7) is 4.24. The van der Waals surface area contributed by atoms with Crippen LogP contribution in [-0.2, 0) is 0 Å². The lowest BCUT2D eigenvalue weighted by molar-refractivity contribution is 0.578. The number of aromatic nitrogens is 2. The fraction of sp³-hybridized carbons (Fsp3) is 0.143. The second-order valence-corrected chi connectivity index (χ2v) is 6.70. The molecule has 0 aliphatic rings. The van der Waals surface area contributed by atoms with E-state index in [0.717, 1.165) is 11.3 Å². The lowest BCUT2D eigenvalue weighted by atomic mass is 10.1. The summed E-state index contributed by atoms with van der Waals surface area (Å²) in [4.78, 5) is 8.27. The van der Waals surface area contributed by atoms with E-state index in [-0.39, 0.29) is 0 Å². The zero-order valence-electron chi connectivity index (χ0n) is 11.1. The van der Waals surface area contributed by atoms with Crippen molar-refractivity contribution in [1.29, 1.82) is 0 Å². The molecule has 0 saturated heterocycles. The first-order valence-corrected chi connectivity index (χ1v) is 8.95. The van der Waals surface area contributed by atoms with Crippen LogP contribution in [0.4, 0.5) is 0 Å². The van der Waals surface area contributed by atoms with Gasteiger partial charge in [-0.05, 0) is 31.3 Å².